The lowest BCUT2D eigenvalue weighted by Gasteiger charge is -2.11. The molecule has 3 rings (SSSR count). The molecule has 0 spiro atoms. The van der Waals surface area contributed by atoms with E-state index >= 15 is 0 Å². The predicted molar refractivity (Wildman–Crippen MR) is 91.8 cm³/mol. The molecule has 3 aromatic rings. The summed E-state index contributed by atoms with van der Waals surface area (Å²) in [7, 11) is 0. The first kappa shape index (κ1) is 14.7. The summed E-state index contributed by atoms with van der Waals surface area (Å²) in [4.78, 5) is 12.1. The molecule has 23 heavy (non-hydrogen) atoms. The first-order valence-electron chi connectivity index (χ1n) is 7.21. The molecule has 0 atom stereocenters. The Labute approximate surface area is 134 Å². The topological polar surface area (TPSA) is 64.3 Å². The average Bonchev–Trinajstić information content (AvgIpc) is 2.59. The Hall–Kier alpha value is -3.27. The minimum atomic E-state index is -0.179. The van der Waals surface area contributed by atoms with Crippen molar-refractivity contribution in [3.63, 3.8) is 0 Å². The van der Waals surface area contributed by atoms with E-state index in [0.29, 0.717) is 28.4 Å². The summed E-state index contributed by atoms with van der Waals surface area (Å²) in [5, 5.41) is 2.82. The Bertz CT molecular complexity index is 802. The zero-order valence-corrected chi connectivity index (χ0v) is 12.4. The highest BCUT2D eigenvalue weighted by Crippen LogP contribution is 2.29. The van der Waals surface area contributed by atoms with Gasteiger partial charge in [0.25, 0.3) is 5.91 Å². The minimum Gasteiger partial charge on any atom is -0.455 e. The number of nitrogens with two attached hydrogens (primary N) is 1. The maximum atomic E-state index is 12.1. The van der Waals surface area contributed by atoms with Crippen molar-refractivity contribution in [3.8, 4) is 11.5 Å². The molecule has 3 aromatic carbocycles. The van der Waals surface area contributed by atoms with Gasteiger partial charge in [-0.05, 0) is 42.5 Å². The van der Waals surface area contributed by atoms with E-state index in [0.717, 1.165) is 0 Å². The second-order valence-electron chi connectivity index (χ2n) is 4.99. The van der Waals surface area contributed by atoms with Crippen LogP contribution in [-0.4, -0.2) is 5.91 Å². The van der Waals surface area contributed by atoms with Gasteiger partial charge < -0.3 is 15.8 Å². The number of rotatable bonds is 4. The highest BCUT2D eigenvalue weighted by atomic mass is 16.5. The third-order valence-corrected chi connectivity index (χ3v) is 3.27. The van der Waals surface area contributed by atoms with Gasteiger partial charge in [0.15, 0.2) is 0 Å². The van der Waals surface area contributed by atoms with Gasteiger partial charge in [-0.1, -0.05) is 36.4 Å². The summed E-state index contributed by atoms with van der Waals surface area (Å²) in [6.07, 6.45) is 0. The summed E-state index contributed by atoms with van der Waals surface area (Å²) in [6.45, 7) is 0. The normalized spacial score (nSPS) is 10.1. The number of carbonyl (C=O) groups excluding carboxylic acids is 1. The molecular weight excluding hydrogens is 288 g/mol. The predicted octanol–water partition coefficient (Wildman–Crippen LogP) is 4.31. The first-order chi connectivity index (χ1) is 11.2. The van der Waals surface area contributed by atoms with Gasteiger partial charge in [-0.2, -0.15) is 0 Å². The van der Waals surface area contributed by atoms with Crippen molar-refractivity contribution in [2.24, 2.45) is 0 Å². The van der Waals surface area contributed by atoms with Gasteiger partial charge in [0, 0.05) is 11.3 Å². The van der Waals surface area contributed by atoms with Crippen LogP contribution in [0.1, 0.15) is 10.4 Å². The van der Waals surface area contributed by atoms with Crippen LogP contribution in [0.2, 0.25) is 0 Å². The molecule has 4 nitrogen and oxygen atoms in total. The van der Waals surface area contributed by atoms with Gasteiger partial charge in [0.2, 0.25) is 0 Å². The molecule has 0 bridgehead atoms. The summed E-state index contributed by atoms with van der Waals surface area (Å²) in [5.74, 6) is 1.08. The van der Waals surface area contributed by atoms with E-state index < -0.39 is 0 Å². The van der Waals surface area contributed by atoms with Crippen molar-refractivity contribution < 1.29 is 9.53 Å². The SMILES string of the molecule is Nc1cc(NC(=O)c2ccccc2)ccc1Oc1ccccc1. The Balaban J connectivity index is 1.73. The fourth-order valence-electron chi connectivity index (χ4n) is 2.13. The number of para-hydroxylation sites is 1. The summed E-state index contributed by atoms with van der Waals surface area (Å²) < 4.78 is 5.72. The van der Waals surface area contributed by atoms with Crippen molar-refractivity contribution in [1.82, 2.24) is 0 Å². The number of hydrogen-bond acceptors (Lipinski definition) is 3. The summed E-state index contributed by atoms with van der Waals surface area (Å²) >= 11 is 0. The molecular formula is C19H16N2O2. The maximum absolute atomic E-state index is 12.1. The smallest absolute Gasteiger partial charge is 0.255 e. The Morgan fingerprint density at radius 1 is 0.870 bits per heavy atom. The van der Waals surface area contributed by atoms with Crippen LogP contribution < -0.4 is 15.8 Å². The average molecular weight is 304 g/mol. The van der Waals surface area contributed by atoms with Crippen molar-refractivity contribution in [1.29, 1.82) is 0 Å². The molecule has 0 unspecified atom stereocenters. The Kier molecular flexibility index (Phi) is 4.25. The molecule has 0 aliphatic rings. The fourth-order valence-corrected chi connectivity index (χ4v) is 2.13. The second-order valence-corrected chi connectivity index (χ2v) is 4.99. The van der Waals surface area contributed by atoms with Gasteiger partial charge in [-0.3, -0.25) is 4.79 Å². The number of ether oxygens (including phenoxy) is 1. The van der Waals surface area contributed by atoms with Crippen LogP contribution in [0.4, 0.5) is 11.4 Å². The van der Waals surface area contributed by atoms with Gasteiger partial charge in [-0.25, -0.2) is 0 Å². The molecule has 0 saturated heterocycles. The standard InChI is InChI=1S/C19H16N2O2/c20-17-13-15(21-19(22)14-7-3-1-4-8-14)11-12-18(17)23-16-9-5-2-6-10-16/h1-13H,20H2,(H,21,22). The Morgan fingerprint density at radius 2 is 1.52 bits per heavy atom. The zero-order valence-electron chi connectivity index (χ0n) is 12.4. The van der Waals surface area contributed by atoms with Crippen LogP contribution in [0, 0.1) is 0 Å². The van der Waals surface area contributed by atoms with Crippen LogP contribution in [0.15, 0.2) is 78.9 Å². The Morgan fingerprint density at radius 3 is 2.17 bits per heavy atom. The quantitative estimate of drug-likeness (QED) is 0.706. The highest BCUT2D eigenvalue weighted by Gasteiger charge is 2.08. The molecule has 0 aliphatic heterocycles. The third-order valence-electron chi connectivity index (χ3n) is 3.27. The van der Waals surface area contributed by atoms with Gasteiger partial charge in [0.1, 0.15) is 11.5 Å². The van der Waals surface area contributed by atoms with Crippen LogP contribution >= 0.6 is 0 Å². The second kappa shape index (κ2) is 6.66. The summed E-state index contributed by atoms with van der Waals surface area (Å²) in [5.41, 5.74) is 7.68. The van der Waals surface area contributed by atoms with E-state index in [-0.39, 0.29) is 5.91 Å². The van der Waals surface area contributed by atoms with Crippen molar-refractivity contribution in [3.05, 3.63) is 84.4 Å². The number of carbonyl (C=O) groups is 1. The molecule has 4 heteroatoms. The van der Waals surface area contributed by atoms with Crippen molar-refractivity contribution >= 4 is 17.3 Å². The lowest BCUT2D eigenvalue weighted by molar-refractivity contribution is 0.102. The lowest BCUT2D eigenvalue weighted by Crippen LogP contribution is -2.11. The van der Waals surface area contributed by atoms with Crippen molar-refractivity contribution in [2.45, 2.75) is 0 Å². The van der Waals surface area contributed by atoms with Crippen LogP contribution in [0.25, 0.3) is 0 Å². The van der Waals surface area contributed by atoms with E-state index in [9.17, 15) is 4.79 Å². The largest absolute Gasteiger partial charge is 0.455 e. The van der Waals surface area contributed by atoms with E-state index in [1.165, 1.54) is 0 Å². The first-order valence-corrected chi connectivity index (χ1v) is 7.21. The minimum absolute atomic E-state index is 0.179. The molecule has 114 valence electrons. The number of benzene rings is 3. The molecule has 0 saturated carbocycles. The van der Waals surface area contributed by atoms with Crippen LogP contribution in [-0.2, 0) is 0 Å². The number of nitrogen functional groups attached to an aromatic ring is 1. The highest BCUT2D eigenvalue weighted by molar-refractivity contribution is 6.04. The summed E-state index contributed by atoms with van der Waals surface area (Å²) in [6, 6.07) is 23.6. The van der Waals surface area contributed by atoms with Gasteiger partial charge in [-0.15, -0.1) is 0 Å². The zero-order chi connectivity index (χ0) is 16.1. The van der Waals surface area contributed by atoms with E-state index in [4.69, 9.17) is 10.5 Å². The molecule has 0 aromatic heterocycles. The number of nitrogens with one attached hydrogen (secondary N) is 1. The number of hydrogen-bond donors (Lipinski definition) is 2. The maximum Gasteiger partial charge on any atom is 0.255 e. The van der Waals surface area contributed by atoms with E-state index in [2.05, 4.69) is 5.32 Å². The van der Waals surface area contributed by atoms with Gasteiger partial charge in [0.05, 0.1) is 5.69 Å². The van der Waals surface area contributed by atoms with Crippen LogP contribution in [0.3, 0.4) is 0 Å². The van der Waals surface area contributed by atoms with E-state index in [1.807, 2.05) is 48.5 Å². The third kappa shape index (κ3) is 3.68. The lowest BCUT2D eigenvalue weighted by atomic mass is 10.2. The number of amides is 1. The molecule has 0 heterocycles. The molecule has 1 amide bonds. The molecule has 0 fully saturated rings. The molecule has 0 aliphatic carbocycles. The van der Waals surface area contributed by atoms with E-state index in [1.54, 1.807) is 30.3 Å². The van der Waals surface area contributed by atoms with Gasteiger partial charge >= 0.3 is 0 Å². The van der Waals surface area contributed by atoms with Crippen molar-refractivity contribution in [2.75, 3.05) is 11.1 Å². The van der Waals surface area contributed by atoms with Crippen LogP contribution in [0.5, 0.6) is 11.5 Å². The fraction of sp³-hybridized carbons (Fsp3) is 0. The monoisotopic (exact) mass is 304 g/mol. The number of anilines is 2. The molecule has 3 N–H and O–H groups in total. The molecule has 0 radical (unpaired) electrons.